The monoisotopic (exact) mass is 382 g/mol. The fraction of sp³-hybridized carbons (Fsp3) is 0.350. The molecule has 146 valence electrons. The molecule has 2 aromatic heterocycles. The summed E-state index contributed by atoms with van der Waals surface area (Å²) in [5.41, 5.74) is 3.76. The second kappa shape index (κ2) is 7.10. The van der Waals surface area contributed by atoms with Gasteiger partial charge in [0.15, 0.2) is 0 Å². The van der Waals surface area contributed by atoms with Crippen molar-refractivity contribution in [1.82, 2.24) is 19.9 Å². The van der Waals surface area contributed by atoms with Crippen LogP contribution in [0.3, 0.4) is 0 Å². The first-order chi connectivity index (χ1) is 13.4. The number of hydrogen-bond acceptors (Lipinski definition) is 5. The number of benzene rings is 1. The largest absolute Gasteiger partial charge is 0.364 e. The second-order valence-corrected chi connectivity index (χ2v) is 7.26. The lowest BCUT2D eigenvalue weighted by atomic mass is 10.1. The molecular formula is C20H23FN6O. The number of H-pyrrole nitrogens is 1. The van der Waals surface area contributed by atoms with E-state index < -0.39 is 0 Å². The number of fused-ring (bicyclic) bond motifs is 2. The summed E-state index contributed by atoms with van der Waals surface area (Å²) in [6, 6.07) is 6.63. The van der Waals surface area contributed by atoms with Crippen LogP contribution in [0, 0.1) is 5.82 Å². The van der Waals surface area contributed by atoms with Gasteiger partial charge in [0.05, 0.1) is 18.8 Å². The van der Waals surface area contributed by atoms with Crippen molar-refractivity contribution in [3.63, 3.8) is 0 Å². The van der Waals surface area contributed by atoms with Gasteiger partial charge in [-0.1, -0.05) is 0 Å². The number of nitrogens with one attached hydrogen (secondary N) is 2. The summed E-state index contributed by atoms with van der Waals surface area (Å²) in [5.74, 6) is 1.18. The number of rotatable bonds is 4. The van der Waals surface area contributed by atoms with E-state index in [1.807, 2.05) is 25.1 Å². The molecule has 1 aliphatic rings. The van der Waals surface area contributed by atoms with Gasteiger partial charge >= 0.3 is 0 Å². The van der Waals surface area contributed by atoms with Crippen LogP contribution in [0.2, 0.25) is 0 Å². The molecule has 1 aliphatic heterocycles. The average Bonchev–Trinajstić information content (AvgIpc) is 3.07. The van der Waals surface area contributed by atoms with Crippen molar-refractivity contribution in [3.8, 4) is 0 Å². The molecule has 0 radical (unpaired) electrons. The molecule has 0 fully saturated rings. The molecular weight excluding hydrogens is 359 g/mol. The van der Waals surface area contributed by atoms with Crippen LogP contribution in [0.25, 0.3) is 10.9 Å². The highest BCUT2D eigenvalue weighted by Crippen LogP contribution is 2.26. The van der Waals surface area contributed by atoms with Crippen molar-refractivity contribution in [1.29, 1.82) is 0 Å². The van der Waals surface area contributed by atoms with Gasteiger partial charge in [-0.25, -0.2) is 9.37 Å². The molecule has 3 heterocycles. The molecule has 0 unspecified atom stereocenters. The molecule has 4 rings (SSSR count). The van der Waals surface area contributed by atoms with Crippen molar-refractivity contribution in [3.05, 3.63) is 47.0 Å². The summed E-state index contributed by atoms with van der Waals surface area (Å²) in [7, 11) is 3.78. The van der Waals surface area contributed by atoms with Gasteiger partial charge in [-0.15, -0.1) is 0 Å². The highest BCUT2D eigenvalue weighted by atomic mass is 19.1. The van der Waals surface area contributed by atoms with E-state index in [9.17, 15) is 9.18 Å². The van der Waals surface area contributed by atoms with E-state index in [1.165, 1.54) is 12.1 Å². The van der Waals surface area contributed by atoms with Gasteiger partial charge in [0, 0.05) is 49.7 Å². The summed E-state index contributed by atoms with van der Waals surface area (Å²) >= 11 is 0. The van der Waals surface area contributed by atoms with Gasteiger partial charge in [-0.3, -0.25) is 4.79 Å². The van der Waals surface area contributed by atoms with Crippen LogP contribution in [0.15, 0.2) is 24.3 Å². The number of halogens is 1. The lowest BCUT2D eigenvalue weighted by Crippen LogP contribution is -2.35. The number of aromatic amines is 1. The minimum atomic E-state index is -0.249. The lowest BCUT2D eigenvalue weighted by Gasteiger charge is -2.29. The highest BCUT2D eigenvalue weighted by Gasteiger charge is 2.24. The smallest absolute Gasteiger partial charge is 0.227 e. The van der Waals surface area contributed by atoms with E-state index in [-0.39, 0.29) is 11.7 Å². The van der Waals surface area contributed by atoms with E-state index in [2.05, 4.69) is 20.3 Å². The summed E-state index contributed by atoms with van der Waals surface area (Å²) in [6.45, 7) is 3.27. The fourth-order valence-corrected chi connectivity index (χ4v) is 3.47. The molecule has 28 heavy (non-hydrogen) atoms. The summed E-state index contributed by atoms with van der Waals surface area (Å²) in [5, 5.41) is 4.24. The zero-order valence-electron chi connectivity index (χ0n) is 16.2. The zero-order chi connectivity index (χ0) is 19.8. The molecule has 0 spiro atoms. The Morgan fingerprint density at radius 2 is 2.14 bits per heavy atom. The first-order valence-corrected chi connectivity index (χ1v) is 9.24. The first kappa shape index (κ1) is 18.2. The van der Waals surface area contributed by atoms with Crippen LogP contribution >= 0.6 is 0 Å². The number of nitrogens with zero attached hydrogens (tertiary/aromatic N) is 4. The van der Waals surface area contributed by atoms with Gasteiger partial charge in [-0.05, 0) is 30.7 Å². The van der Waals surface area contributed by atoms with Gasteiger partial charge < -0.3 is 20.1 Å². The Kier molecular flexibility index (Phi) is 4.62. The van der Waals surface area contributed by atoms with Crippen molar-refractivity contribution < 1.29 is 9.18 Å². The number of anilines is 2. The maximum atomic E-state index is 13.4. The third-order valence-electron chi connectivity index (χ3n) is 4.98. The zero-order valence-corrected chi connectivity index (χ0v) is 16.2. The maximum Gasteiger partial charge on any atom is 0.227 e. The van der Waals surface area contributed by atoms with Gasteiger partial charge in [0.1, 0.15) is 11.6 Å². The number of carbonyl (C=O) groups is 1. The number of amides is 1. The Bertz CT molecular complexity index is 1040. The molecule has 1 aromatic carbocycles. The number of hydrogen-bond donors (Lipinski definition) is 2. The molecule has 0 saturated carbocycles. The first-order valence-electron chi connectivity index (χ1n) is 9.24. The standard InChI is InChI=1S/C20H23FN6O/c1-12(28)27-7-6-16-18(11-27)24-20(26(2)3)25-19(16)22-10-15-9-13-8-14(21)4-5-17(13)23-15/h4-5,8-9,23H,6-7,10-11H2,1-3H3,(H,22,24,25). The van der Waals surface area contributed by atoms with Crippen molar-refractivity contribution in [2.75, 3.05) is 30.9 Å². The van der Waals surface area contributed by atoms with Crippen molar-refractivity contribution in [2.45, 2.75) is 26.4 Å². The normalized spacial score (nSPS) is 13.5. The summed E-state index contributed by atoms with van der Waals surface area (Å²) in [4.78, 5) is 28.0. The van der Waals surface area contributed by atoms with Crippen LogP contribution in [-0.4, -0.2) is 46.4 Å². The van der Waals surface area contributed by atoms with Gasteiger partial charge in [0.25, 0.3) is 0 Å². The molecule has 0 bridgehead atoms. The minimum absolute atomic E-state index is 0.0514. The van der Waals surface area contributed by atoms with Crippen LogP contribution in [0.5, 0.6) is 0 Å². The van der Waals surface area contributed by atoms with Crippen LogP contribution in [0.4, 0.5) is 16.2 Å². The van der Waals surface area contributed by atoms with Gasteiger partial charge in [-0.2, -0.15) is 4.98 Å². The summed E-state index contributed by atoms with van der Waals surface area (Å²) in [6.07, 6.45) is 0.711. The molecule has 1 amide bonds. The Morgan fingerprint density at radius 3 is 2.89 bits per heavy atom. The molecule has 0 aliphatic carbocycles. The second-order valence-electron chi connectivity index (χ2n) is 7.26. The van der Waals surface area contributed by atoms with E-state index >= 15 is 0 Å². The van der Waals surface area contributed by atoms with Crippen molar-refractivity contribution in [2.24, 2.45) is 0 Å². The molecule has 7 nitrogen and oxygen atoms in total. The third-order valence-corrected chi connectivity index (χ3v) is 4.98. The molecule has 0 atom stereocenters. The van der Waals surface area contributed by atoms with E-state index in [1.54, 1.807) is 17.9 Å². The van der Waals surface area contributed by atoms with Crippen molar-refractivity contribution >= 4 is 28.6 Å². The van der Waals surface area contributed by atoms with Gasteiger partial charge in [0.2, 0.25) is 11.9 Å². The highest BCUT2D eigenvalue weighted by molar-refractivity contribution is 5.80. The molecule has 2 N–H and O–H groups in total. The molecule has 8 heteroatoms. The van der Waals surface area contributed by atoms with Crippen LogP contribution < -0.4 is 10.2 Å². The average molecular weight is 382 g/mol. The minimum Gasteiger partial charge on any atom is -0.364 e. The predicted octanol–water partition coefficient (Wildman–Crippen LogP) is 2.68. The SMILES string of the molecule is CC(=O)N1CCc2c(nc(N(C)C)nc2NCc2cc3cc(F)ccc3[nH]2)C1. The Morgan fingerprint density at radius 1 is 1.32 bits per heavy atom. The topological polar surface area (TPSA) is 77.2 Å². The quantitative estimate of drug-likeness (QED) is 0.726. The lowest BCUT2D eigenvalue weighted by molar-refractivity contribution is -0.129. The Hall–Kier alpha value is -3.16. The summed E-state index contributed by atoms with van der Waals surface area (Å²) < 4.78 is 13.4. The maximum absolute atomic E-state index is 13.4. The van der Waals surface area contributed by atoms with E-state index in [0.717, 1.165) is 33.7 Å². The fourth-order valence-electron chi connectivity index (χ4n) is 3.47. The Balaban J connectivity index is 1.62. The number of aromatic nitrogens is 3. The Labute approximate surface area is 162 Å². The van der Waals surface area contributed by atoms with Crippen LogP contribution in [-0.2, 0) is 24.3 Å². The van der Waals surface area contributed by atoms with E-state index in [0.29, 0.717) is 32.0 Å². The number of carbonyl (C=O) groups excluding carboxylic acids is 1. The van der Waals surface area contributed by atoms with Crippen LogP contribution in [0.1, 0.15) is 23.9 Å². The molecule has 3 aromatic rings. The molecule has 0 saturated heterocycles. The third kappa shape index (κ3) is 3.49. The van der Waals surface area contributed by atoms with E-state index in [4.69, 9.17) is 0 Å². The predicted molar refractivity (Wildman–Crippen MR) is 107 cm³/mol.